The molecule has 1 amide bonds. The molecule has 0 atom stereocenters. The first-order valence-electron chi connectivity index (χ1n) is 10.4. The minimum Gasteiger partial charge on any atom is -0.357 e. The van der Waals surface area contributed by atoms with Gasteiger partial charge in [-0.05, 0) is 19.8 Å². The summed E-state index contributed by atoms with van der Waals surface area (Å²) in [6, 6.07) is 0. The van der Waals surface area contributed by atoms with Crippen molar-refractivity contribution >= 4 is 23.2 Å². The second-order valence-electron chi connectivity index (χ2n) is 7.46. The van der Waals surface area contributed by atoms with Crippen molar-refractivity contribution in [3.63, 3.8) is 0 Å². The maximum atomic E-state index is 12.7. The third kappa shape index (κ3) is 6.31. The number of thiazole rings is 1. The zero-order chi connectivity index (χ0) is 21.6. The van der Waals surface area contributed by atoms with Crippen molar-refractivity contribution in [2.45, 2.75) is 32.4 Å². The van der Waals surface area contributed by atoms with E-state index in [-0.39, 0.29) is 5.91 Å². The largest absolute Gasteiger partial charge is 0.434 e. The lowest BCUT2D eigenvalue weighted by atomic mass is 10.3. The average Bonchev–Trinajstić information content (AvgIpc) is 3.40. The molecule has 2 aliphatic heterocycles. The van der Waals surface area contributed by atoms with Crippen LogP contribution in [0.25, 0.3) is 0 Å². The van der Waals surface area contributed by atoms with E-state index < -0.39 is 11.9 Å². The van der Waals surface area contributed by atoms with Crippen molar-refractivity contribution in [2.24, 2.45) is 4.99 Å². The number of hydrogen-bond donors (Lipinski definition) is 1. The number of piperazine rings is 1. The Bertz CT molecular complexity index is 724. The fraction of sp³-hybridized carbons (Fsp3) is 0.737. The van der Waals surface area contributed by atoms with Gasteiger partial charge in [-0.3, -0.25) is 14.7 Å². The third-order valence-corrected chi connectivity index (χ3v) is 6.16. The lowest BCUT2D eigenvalue weighted by Gasteiger charge is -2.36. The topological polar surface area (TPSA) is 64.1 Å². The number of likely N-dealkylation sites (tertiary alicyclic amines) is 1. The Morgan fingerprint density at radius 2 is 1.87 bits per heavy atom. The normalized spacial score (nSPS) is 18.9. The Morgan fingerprint density at radius 3 is 2.47 bits per heavy atom. The van der Waals surface area contributed by atoms with Gasteiger partial charge in [-0.25, -0.2) is 4.98 Å². The molecule has 0 aromatic carbocycles. The van der Waals surface area contributed by atoms with E-state index in [4.69, 9.17) is 0 Å². The summed E-state index contributed by atoms with van der Waals surface area (Å²) in [7, 11) is 0. The van der Waals surface area contributed by atoms with Gasteiger partial charge in [0.2, 0.25) is 5.91 Å². The van der Waals surface area contributed by atoms with Crippen molar-refractivity contribution in [2.75, 3.05) is 58.9 Å². The van der Waals surface area contributed by atoms with Gasteiger partial charge in [-0.2, -0.15) is 13.2 Å². The first-order chi connectivity index (χ1) is 14.4. The molecule has 11 heteroatoms. The van der Waals surface area contributed by atoms with Crippen LogP contribution in [-0.2, 0) is 17.4 Å². The lowest BCUT2D eigenvalue weighted by Crippen LogP contribution is -2.54. The lowest BCUT2D eigenvalue weighted by molar-refractivity contribution is -0.140. The molecule has 168 valence electrons. The first kappa shape index (κ1) is 22.8. The Morgan fingerprint density at radius 1 is 1.17 bits per heavy atom. The Kier molecular flexibility index (Phi) is 7.93. The number of nitrogens with one attached hydrogen (secondary N) is 1. The van der Waals surface area contributed by atoms with Gasteiger partial charge < -0.3 is 15.1 Å². The summed E-state index contributed by atoms with van der Waals surface area (Å²) in [6.07, 6.45) is -1.83. The van der Waals surface area contributed by atoms with Gasteiger partial charge in [-0.15, -0.1) is 11.3 Å². The maximum absolute atomic E-state index is 12.7. The number of rotatable bonds is 6. The third-order valence-electron chi connectivity index (χ3n) is 5.25. The number of guanidine groups is 1. The summed E-state index contributed by atoms with van der Waals surface area (Å²) in [5, 5.41) is 4.74. The standard InChI is InChI=1S/C19H29F3N6OS/c1-2-23-18(24-6-5-16-25-15(14-30-16)19(20,21)22)28-11-9-26(10-12-28)13-17(29)27-7-3-4-8-27/h14H,2-13H2,1H3,(H,23,24). The minimum absolute atomic E-state index is 0.211. The molecular formula is C19H29F3N6OS. The Hall–Kier alpha value is -1.88. The summed E-state index contributed by atoms with van der Waals surface area (Å²) in [5.74, 6) is 0.971. The molecule has 0 spiro atoms. The van der Waals surface area contributed by atoms with Gasteiger partial charge >= 0.3 is 6.18 Å². The number of halogens is 3. The summed E-state index contributed by atoms with van der Waals surface area (Å²) >= 11 is 1.02. The SMILES string of the molecule is CCNC(=NCCc1nc(C(F)(F)F)cs1)N1CCN(CC(=O)N2CCCC2)CC1. The van der Waals surface area contributed by atoms with E-state index in [1.54, 1.807) is 0 Å². The van der Waals surface area contributed by atoms with Crippen LogP contribution in [0.5, 0.6) is 0 Å². The first-order valence-corrected chi connectivity index (χ1v) is 11.3. The minimum atomic E-state index is -4.40. The molecule has 0 radical (unpaired) electrons. The number of carbonyl (C=O) groups is 1. The predicted molar refractivity (Wildman–Crippen MR) is 111 cm³/mol. The predicted octanol–water partition coefficient (Wildman–Crippen LogP) is 1.91. The van der Waals surface area contributed by atoms with E-state index in [0.29, 0.717) is 31.1 Å². The van der Waals surface area contributed by atoms with Gasteiger partial charge in [-0.1, -0.05) is 0 Å². The van der Waals surface area contributed by atoms with E-state index in [0.717, 1.165) is 74.8 Å². The van der Waals surface area contributed by atoms with Crippen molar-refractivity contribution in [3.8, 4) is 0 Å². The van der Waals surface area contributed by atoms with Gasteiger partial charge in [0.1, 0.15) is 0 Å². The zero-order valence-electron chi connectivity index (χ0n) is 17.2. The summed E-state index contributed by atoms with van der Waals surface area (Å²) in [4.78, 5) is 26.8. The number of amides is 1. The smallest absolute Gasteiger partial charge is 0.357 e. The van der Waals surface area contributed by atoms with Crippen LogP contribution in [0.3, 0.4) is 0 Å². The molecule has 2 saturated heterocycles. The molecule has 0 bridgehead atoms. The van der Waals surface area contributed by atoms with E-state index in [9.17, 15) is 18.0 Å². The van der Waals surface area contributed by atoms with E-state index >= 15 is 0 Å². The number of carbonyl (C=O) groups excluding carboxylic acids is 1. The van der Waals surface area contributed by atoms with Gasteiger partial charge in [0.05, 0.1) is 11.6 Å². The van der Waals surface area contributed by atoms with Gasteiger partial charge in [0.15, 0.2) is 11.7 Å². The molecule has 30 heavy (non-hydrogen) atoms. The van der Waals surface area contributed by atoms with Crippen LogP contribution < -0.4 is 5.32 Å². The average molecular weight is 447 g/mol. The van der Waals surface area contributed by atoms with E-state index in [1.807, 2.05) is 11.8 Å². The van der Waals surface area contributed by atoms with Crippen LogP contribution in [0.4, 0.5) is 13.2 Å². The number of hydrogen-bond acceptors (Lipinski definition) is 5. The molecule has 1 aromatic heterocycles. The monoisotopic (exact) mass is 446 g/mol. The second-order valence-corrected chi connectivity index (χ2v) is 8.40. The molecule has 0 aliphatic carbocycles. The van der Waals surface area contributed by atoms with Crippen LogP contribution in [0, 0.1) is 0 Å². The van der Waals surface area contributed by atoms with Crippen molar-refractivity contribution in [3.05, 3.63) is 16.1 Å². The number of aromatic nitrogens is 1. The van der Waals surface area contributed by atoms with Crippen molar-refractivity contribution in [1.82, 2.24) is 25.0 Å². The summed E-state index contributed by atoms with van der Waals surface area (Å²) < 4.78 is 38.0. The Labute approximate surface area is 179 Å². The molecule has 1 N–H and O–H groups in total. The van der Waals surface area contributed by atoms with E-state index in [1.165, 1.54) is 0 Å². The second kappa shape index (κ2) is 10.4. The van der Waals surface area contributed by atoms with Crippen molar-refractivity contribution < 1.29 is 18.0 Å². The maximum Gasteiger partial charge on any atom is 0.434 e. The Balaban J connectivity index is 1.47. The molecule has 0 unspecified atom stereocenters. The fourth-order valence-corrected chi connectivity index (χ4v) is 4.41. The zero-order valence-corrected chi connectivity index (χ0v) is 18.1. The molecule has 0 saturated carbocycles. The molecule has 3 rings (SSSR count). The van der Waals surface area contributed by atoms with Gasteiger partial charge in [0, 0.05) is 64.2 Å². The highest BCUT2D eigenvalue weighted by atomic mass is 32.1. The van der Waals surface area contributed by atoms with Gasteiger partial charge in [0.25, 0.3) is 0 Å². The highest BCUT2D eigenvalue weighted by molar-refractivity contribution is 7.09. The van der Waals surface area contributed by atoms with Crippen LogP contribution in [0.1, 0.15) is 30.5 Å². The quantitative estimate of drug-likeness (QED) is 0.534. The highest BCUT2D eigenvalue weighted by Gasteiger charge is 2.33. The summed E-state index contributed by atoms with van der Waals surface area (Å²) in [5.41, 5.74) is -0.835. The molecule has 7 nitrogen and oxygen atoms in total. The number of aliphatic imine (C=N–C) groups is 1. The molecule has 2 fully saturated rings. The van der Waals surface area contributed by atoms with Crippen LogP contribution in [-0.4, -0.2) is 90.5 Å². The van der Waals surface area contributed by atoms with E-state index in [2.05, 4.69) is 25.1 Å². The number of nitrogens with zero attached hydrogens (tertiary/aromatic N) is 5. The fourth-order valence-electron chi connectivity index (χ4n) is 3.61. The molecule has 2 aliphatic rings. The van der Waals surface area contributed by atoms with Crippen LogP contribution in [0.2, 0.25) is 0 Å². The van der Waals surface area contributed by atoms with Crippen LogP contribution in [0.15, 0.2) is 10.4 Å². The summed E-state index contributed by atoms with van der Waals surface area (Å²) in [6.45, 7) is 8.37. The molecule has 1 aromatic rings. The highest BCUT2D eigenvalue weighted by Crippen LogP contribution is 2.30. The molecule has 3 heterocycles. The molecular weight excluding hydrogens is 417 g/mol. The van der Waals surface area contributed by atoms with Crippen LogP contribution >= 0.6 is 11.3 Å². The van der Waals surface area contributed by atoms with Crippen molar-refractivity contribution in [1.29, 1.82) is 0 Å². The number of alkyl halides is 3.